The molecule has 0 atom stereocenters. The summed E-state index contributed by atoms with van der Waals surface area (Å²) in [7, 11) is 0. The smallest absolute Gasteiger partial charge is 0.248 e. The Morgan fingerprint density at radius 1 is 1.50 bits per heavy atom. The predicted molar refractivity (Wildman–Crippen MR) is 44.7 cm³/mol. The van der Waals surface area contributed by atoms with Crippen LogP contribution in [0.1, 0.15) is 19.3 Å². The Bertz CT molecular complexity index is 177. The van der Waals surface area contributed by atoms with Crippen molar-refractivity contribution in [3.8, 4) is 0 Å². The van der Waals surface area contributed by atoms with Crippen LogP contribution >= 0.6 is 0 Å². The molecule has 3 heteroatoms. The maximum Gasteiger partial charge on any atom is 0.248 e. The van der Waals surface area contributed by atoms with Crippen LogP contribution in [0.5, 0.6) is 0 Å². The number of morpholine rings is 1. The lowest BCUT2D eigenvalue weighted by molar-refractivity contribution is -0.143. The second-order valence-corrected chi connectivity index (χ2v) is 3.69. The van der Waals surface area contributed by atoms with Crippen molar-refractivity contribution in [3.63, 3.8) is 0 Å². The Morgan fingerprint density at radius 2 is 2.33 bits per heavy atom. The molecule has 0 aromatic rings. The van der Waals surface area contributed by atoms with Crippen LogP contribution in [0.25, 0.3) is 0 Å². The van der Waals surface area contributed by atoms with Crippen molar-refractivity contribution in [2.24, 2.45) is 5.92 Å². The Hall–Kier alpha value is -0.570. The highest BCUT2D eigenvalue weighted by molar-refractivity contribution is 5.77. The second-order valence-electron chi connectivity index (χ2n) is 3.69. The zero-order chi connectivity index (χ0) is 8.39. The summed E-state index contributed by atoms with van der Waals surface area (Å²) in [5, 5.41) is 0. The summed E-state index contributed by atoms with van der Waals surface area (Å²) in [6, 6.07) is 0. The molecule has 2 rings (SSSR count). The van der Waals surface area contributed by atoms with Crippen molar-refractivity contribution < 1.29 is 9.53 Å². The first-order chi connectivity index (χ1) is 5.86. The Labute approximate surface area is 72.7 Å². The predicted octanol–water partition coefficient (Wildman–Crippen LogP) is 0.645. The quantitative estimate of drug-likeness (QED) is 0.607. The highest BCUT2D eigenvalue weighted by Gasteiger charge is 2.25. The molecule has 2 fully saturated rings. The first-order valence-corrected chi connectivity index (χ1v) is 4.72. The van der Waals surface area contributed by atoms with Gasteiger partial charge in [-0.2, -0.15) is 0 Å². The normalized spacial score (nSPS) is 25.7. The molecule has 0 unspecified atom stereocenters. The van der Waals surface area contributed by atoms with Crippen LogP contribution in [0, 0.1) is 5.92 Å². The van der Waals surface area contributed by atoms with Gasteiger partial charge in [0, 0.05) is 13.1 Å². The molecule has 0 bridgehead atoms. The minimum absolute atomic E-state index is 0.174. The Balaban J connectivity index is 1.80. The van der Waals surface area contributed by atoms with Gasteiger partial charge in [-0.3, -0.25) is 4.79 Å². The number of carbonyl (C=O) groups excluding carboxylic acids is 1. The molecule has 68 valence electrons. The standard InChI is InChI=1S/C9H15NO2/c11-9-7-12-5-4-10(9)6-8-2-1-3-8/h8H,1-7H2. The van der Waals surface area contributed by atoms with Gasteiger partial charge in [-0.25, -0.2) is 0 Å². The van der Waals surface area contributed by atoms with Crippen LogP contribution < -0.4 is 0 Å². The minimum atomic E-state index is 0.174. The zero-order valence-corrected chi connectivity index (χ0v) is 7.29. The average molecular weight is 169 g/mol. The number of carbonyl (C=O) groups is 1. The molecule has 0 N–H and O–H groups in total. The molecule has 1 aliphatic carbocycles. The maximum atomic E-state index is 11.3. The summed E-state index contributed by atoms with van der Waals surface area (Å²) in [5.74, 6) is 0.959. The van der Waals surface area contributed by atoms with E-state index in [1.807, 2.05) is 4.90 Å². The van der Waals surface area contributed by atoms with E-state index in [0.29, 0.717) is 6.61 Å². The highest BCUT2D eigenvalue weighted by Crippen LogP contribution is 2.27. The number of hydrogen-bond donors (Lipinski definition) is 0. The van der Waals surface area contributed by atoms with Gasteiger partial charge in [-0.05, 0) is 18.8 Å². The lowest BCUT2D eigenvalue weighted by Crippen LogP contribution is -2.44. The van der Waals surface area contributed by atoms with Gasteiger partial charge < -0.3 is 9.64 Å². The molecule has 1 aliphatic heterocycles. The first-order valence-electron chi connectivity index (χ1n) is 4.72. The van der Waals surface area contributed by atoms with E-state index < -0.39 is 0 Å². The van der Waals surface area contributed by atoms with E-state index in [-0.39, 0.29) is 5.91 Å². The molecule has 1 heterocycles. The summed E-state index contributed by atoms with van der Waals surface area (Å²) in [4.78, 5) is 13.2. The monoisotopic (exact) mass is 169 g/mol. The molecule has 1 saturated carbocycles. The molecule has 0 aromatic carbocycles. The van der Waals surface area contributed by atoms with Gasteiger partial charge in [0.25, 0.3) is 0 Å². The van der Waals surface area contributed by atoms with Crippen molar-refractivity contribution in [2.45, 2.75) is 19.3 Å². The number of ether oxygens (including phenoxy) is 1. The highest BCUT2D eigenvalue weighted by atomic mass is 16.5. The van der Waals surface area contributed by atoms with Gasteiger partial charge >= 0.3 is 0 Å². The van der Waals surface area contributed by atoms with E-state index in [2.05, 4.69) is 0 Å². The zero-order valence-electron chi connectivity index (χ0n) is 7.29. The van der Waals surface area contributed by atoms with Crippen LogP contribution in [0.4, 0.5) is 0 Å². The summed E-state index contributed by atoms with van der Waals surface area (Å²) in [5.41, 5.74) is 0. The second kappa shape index (κ2) is 3.44. The molecule has 1 amide bonds. The fourth-order valence-electron chi connectivity index (χ4n) is 1.73. The summed E-state index contributed by atoms with van der Waals surface area (Å²) >= 11 is 0. The SMILES string of the molecule is O=C1COCCN1CC1CCC1. The molecule has 0 spiro atoms. The van der Waals surface area contributed by atoms with Crippen molar-refractivity contribution in [2.75, 3.05) is 26.3 Å². The van der Waals surface area contributed by atoms with Crippen molar-refractivity contribution in [1.82, 2.24) is 4.90 Å². The van der Waals surface area contributed by atoms with Gasteiger partial charge in [0.05, 0.1) is 6.61 Å². The summed E-state index contributed by atoms with van der Waals surface area (Å²) in [6.45, 7) is 2.79. The van der Waals surface area contributed by atoms with Gasteiger partial charge in [-0.1, -0.05) is 6.42 Å². The fraction of sp³-hybridized carbons (Fsp3) is 0.889. The van der Waals surface area contributed by atoms with E-state index >= 15 is 0 Å². The molecule has 12 heavy (non-hydrogen) atoms. The van der Waals surface area contributed by atoms with E-state index in [4.69, 9.17) is 4.74 Å². The van der Waals surface area contributed by atoms with E-state index in [9.17, 15) is 4.79 Å². The largest absolute Gasteiger partial charge is 0.370 e. The number of nitrogens with zero attached hydrogens (tertiary/aromatic N) is 1. The van der Waals surface area contributed by atoms with Crippen LogP contribution in [0.15, 0.2) is 0 Å². The molecular weight excluding hydrogens is 154 g/mol. The van der Waals surface area contributed by atoms with Crippen LogP contribution in [-0.2, 0) is 9.53 Å². The van der Waals surface area contributed by atoms with E-state index in [1.54, 1.807) is 0 Å². The molecule has 1 saturated heterocycles. The minimum Gasteiger partial charge on any atom is -0.370 e. The van der Waals surface area contributed by atoms with Crippen LogP contribution in [-0.4, -0.2) is 37.1 Å². The topological polar surface area (TPSA) is 29.5 Å². The number of hydrogen-bond acceptors (Lipinski definition) is 2. The van der Waals surface area contributed by atoms with Crippen molar-refractivity contribution in [1.29, 1.82) is 0 Å². The number of amides is 1. The molecule has 3 nitrogen and oxygen atoms in total. The summed E-state index contributed by atoms with van der Waals surface area (Å²) in [6.07, 6.45) is 3.97. The third-order valence-corrected chi connectivity index (χ3v) is 2.79. The fourth-order valence-corrected chi connectivity index (χ4v) is 1.73. The Kier molecular flexibility index (Phi) is 2.30. The first kappa shape index (κ1) is 8.05. The lowest BCUT2D eigenvalue weighted by atomic mass is 9.85. The van der Waals surface area contributed by atoms with E-state index in [0.717, 1.165) is 25.6 Å². The van der Waals surface area contributed by atoms with Gasteiger partial charge in [-0.15, -0.1) is 0 Å². The van der Waals surface area contributed by atoms with Crippen molar-refractivity contribution >= 4 is 5.91 Å². The summed E-state index contributed by atoms with van der Waals surface area (Å²) < 4.78 is 5.05. The number of rotatable bonds is 2. The average Bonchev–Trinajstić information content (AvgIpc) is 2.00. The Morgan fingerprint density at radius 3 is 2.92 bits per heavy atom. The lowest BCUT2D eigenvalue weighted by Gasteiger charge is -2.34. The van der Waals surface area contributed by atoms with Crippen LogP contribution in [0.3, 0.4) is 0 Å². The van der Waals surface area contributed by atoms with E-state index in [1.165, 1.54) is 19.3 Å². The molecule has 2 aliphatic rings. The molecule has 0 aromatic heterocycles. The maximum absolute atomic E-state index is 11.3. The van der Waals surface area contributed by atoms with Crippen molar-refractivity contribution in [3.05, 3.63) is 0 Å². The van der Waals surface area contributed by atoms with Gasteiger partial charge in [0.15, 0.2) is 0 Å². The van der Waals surface area contributed by atoms with Crippen LogP contribution in [0.2, 0.25) is 0 Å². The van der Waals surface area contributed by atoms with Gasteiger partial charge in [0.2, 0.25) is 5.91 Å². The molecule has 0 radical (unpaired) electrons. The molecular formula is C9H15NO2. The third kappa shape index (κ3) is 1.61. The van der Waals surface area contributed by atoms with Gasteiger partial charge in [0.1, 0.15) is 6.61 Å². The third-order valence-electron chi connectivity index (χ3n) is 2.79.